The Labute approximate surface area is 57.3 Å². The van der Waals surface area contributed by atoms with Crippen LogP contribution in [0.15, 0.2) is 6.20 Å². The fraction of sp³-hybridized carbons (Fsp3) is 0.400. The molecule has 1 rings (SSSR count). The minimum absolute atomic E-state index is 0.766. The van der Waals surface area contributed by atoms with Crippen LogP contribution in [0.5, 0.6) is 0 Å². The summed E-state index contributed by atoms with van der Waals surface area (Å²) in [5.41, 5.74) is 0. The molecule has 0 aliphatic heterocycles. The van der Waals surface area contributed by atoms with E-state index in [-0.39, 0.29) is 0 Å². The number of aromatic nitrogens is 1. The predicted molar refractivity (Wildman–Crippen MR) is 35.3 cm³/mol. The molecule has 3 heteroatoms. The summed E-state index contributed by atoms with van der Waals surface area (Å²) in [7, 11) is 0. The van der Waals surface area contributed by atoms with Crippen LogP contribution < -0.4 is 4.98 Å². The van der Waals surface area contributed by atoms with Crippen LogP contribution >= 0.6 is 22.9 Å². The van der Waals surface area contributed by atoms with Gasteiger partial charge in [0.2, 0.25) is 0 Å². The molecule has 0 bridgehead atoms. The summed E-state index contributed by atoms with van der Waals surface area (Å²) >= 11 is 7.20. The highest BCUT2D eigenvalue weighted by Gasteiger charge is 2.00. The quantitative estimate of drug-likeness (QED) is 0.577. The lowest BCUT2D eigenvalue weighted by atomic mass is 10.4. The third-order valence-electron chi connectivity index (χ3n) is 0.916. The van der Waals surface area contributed by atoms with Crippen molar-refractivity contribution in [2.45, 2.75) is 13.3 Å². The van der Waals surface area contributed by atoms with Gasteiger partial charge in [0.15, 0.2) is 6.20 Å². The Bertz CT molecular complexity index is 173. The smallest absolute Gasteiger partial charge is 0.191 e. The standard InChI is InChI=1S/C5H6ClNS/c1-2-4-3-7-5(6)8-4/h3H,2H2,1H3/p+1. The highest BCUT2D eigenvalue weighted by molar-refractivity contribution is 7.15. The molecule has 0 amide bonds. The predicted octanol–water partition coefficient (Wildman–Crippen LogP) is 1.78. The molecule has 44 valence electrons. The van der Waals surface area contributed by atoms with Gasteiger partial charge in [0, 0.05) is 11.6 Å². The second-order valence-corrected chi connectivity index (χ2v) is 3.22. The molecule has 0 atom stereocenters. The maximum atomic E-state index is 5.60. The highest BCUT2D eigenvalue weighted by atomic mass is 35.5. The Kier molecular flexibility index (Phi) is 1.86. The van der Waals surface area contributed by atoms with Gasteiger partial charge in [-0.05, 0) is 6.42 Å². The van der Waals surface area contributed by atoms with Crippen molar-refractivity contribution < 1.29 is 4.98 Å². The number of aromatic amines is 1. The fourth-order valence-corrected chi connectivity index (χ4v) is 1.45. The lowest BCUT2D eigenvalue weighted by Crippen LogP contribution is -1.92. The first kappa shape index (κ1) is 6.05. The first-order valence-electron chi connectivity index (χ1n) is 2.49. The molecule has 1 N–H and O–H groups in total. The molecular formula is C5H7ClNS+. The van der Waals surface area contributed by atoms with Crippen molar-refractivity contribution in [3.05, 3.63) is 15.5 Å². The molecule has 8 heavy (non-hydrogen) atoms. The number of thiazole rings is 1. The van der Waals surface area contributed by atoms with Gasteiger partial charge in [0.1, 0.15) is 0 Å². The molecule has 0 aliphatic rings. The zero-order valence-electron chi connectivity index (χ0n) is 4.57. The Morgan fingerprint density at radius 1 is 1.88 bits per heavy atom. The molecule has 0 radical (unpaired) electrons. The molecule has 0 saturated heterocycles. The number of rotatable bonds is 1. The molecule has 0 spiro atoms. The maximum absolute atomic E-state index is 5.60. The fourth-order valence-electron chi connectivity index (χ4n) is 0.485. The number of aryl methyl sites for hydroxylation is 1. The second kappa shape index (κ2) is 2.46. The molecular weight excluding hydrogens is 142 g/mol. The van der Waals surface area contributed by atoms with Crippen molar-refractivity contribution in [3.8, 4) is 0 Å². The van der Waals surface area contributed by atoms with E-state index in [0.29, 0.717) is 0 Å². The van der Waals surface area contributed by atoms with E-state index in [1.807, 2.05) is 6.20 Å². The molecule has 1 aromatic heterocycles. The number of nitrogens with one attached hydrogen (secondary N) is 1. The van der Waals surface area contributed by atoms with Crippen molar-refractivity contribution in [2.24, 2.45) is 0 Å². The average molecular weight is 149 g/mol. The third kappa shape index (κ3) is 1.20. The SMILES string of the molecule is CCc1c[nH+]c(Cl)s1. The summed E-state index contributed by atoms with van der Waals surface area (Å²) in [6.45, 7) is 2.11. The zero-order valence-corrected chi connectivity index (χ0v) is 6.14. The lowest BCUT2D eigenvalue weighted by Gasteiger charge is -1.72. The number of H-pyrrole nitrogens is 1. The lowest BCUT2D eigenvalue weighted by molar-refractivity contribution is -0.368. The summed E-state index contributed by atoms with van der Waals surface area (Å²) in [6, 6.07) is 0. The minimum atomic E-state index is 0.766. The van der Waals surface area contributed by atoms with Crippen LogP contribution in [0, 0.1) is 0 Å². The van der Waals surface area contributed by atoms with Gasteiger partial charge >= 0.3 is 4.47 Å². The van der Waals surface area contributed by atoms with Gasteiger partial charge in [0.05, 0.1) is 4.88 Å². The monoisotopic (exact) mass is 148 g/mol. The Morgan fingerprint density at radius 3 is 2.88 bits per heavy atom. The summed E-state index contributed by atoms with van der Waals surface area (Å²) in [6.07, 6.45) is 3.00. The molecule has 0 unspecified atom stereocenters. The van der Waals surface area contributed by atoms with Gasteiger partial charge in [-0.1, -0.05) is 18.3 Å². The average Bonchev–Trinajstić information content (AvgIpc) is 2.14. The van der Waals surface area contributed by atoms with E-state index in [1.165, 1.54) is 4.88 Å². The van der Waals surface area contributed by atoms with Crippen LogP contribution in [-0.4, -0.2) is 0 Å². The van der Waals surface area contributed by atoms with Crippen LogP contribution in [0.2, 0.25) is 4.47 Å². The van der Waals surface area contributed by atoms with Gasteiger partial charge in [-0.3, -0.25) is 0 Å². The van der Waals surface area contributed by atoms with Gasteiger partial charge in [-0.15, -0.1) is 0 Å². The number of hydrogen-bond acceptors (Lipinski definition) is 1. The van der Waals surface area contributed by atoms with Crippen molar-refractivity contribution in [2.75, 3.05) is 0 Å². The molecule has 0 aromatic carbocycles. The van der Waals surface area contributed by atoms with Gasteiger partial charge in [-0.25, -0.2) is 0 Å². The first-order chi connectivity index (χ1) is 3.83. The topological polar surface area (TPSA) is 14.1 Å². The van der Waals surface area contributed by atoms with E-state index in [0.717, 1.165) is 10.9 Å². The summed E-state index contributed by atoms with van der Waals surface area (Å²) in [5, 5.41) is 0. The molecule has 0 aliphatic carbocycles. The highest BCUT2D eigenvalue weighted by Crippen LogP contribution is 2.13. The maximum Gasteiger partial charge on any atom is 0.331 e. The molecule has 1 heterocycles. The molecule has 0 fully saturated rings. The zero-order chi connectivity index (χ0) is 5.98. The van der Waals surface area contributed by atoms with Crippen molar-refractivity contribution >= 4 is 22.9 Å². The second-order valence-electron chi connectivity index (χ2n) is 1.48. The minimum Gasteiger partial charge on any atom is -0.191 e. The van der Waals surface area contributed by atoms with E-state index in [9.17, 15) is 0 Å². The van der Waals surface area contributed by atoms with E-state index in [4.69, 9.17) is 11.6 Å². The normalized spacial score (nSPS) is 9.75. The Hall–Kier alpha value is -0.0800. The van der Waals surface area contributed by atoms with Crippen LogP contribution in [0.4, 0.5) is 0 Å². The third-order valence-corrected chi connectivity index (χ3v) is 2.22. The number of hydrogen-bond donors (Lipinski definition) is 0. The van der Waals surface area contributed by atoms with Crippen molar-refractivity contribution in [1.29, 1.82) is 0 Å². The summed E-state index contributed by atoms with van der Waals surface area (Å²) in [4.78, 5) is 4.20. The van der Waals surface area contributed by atoms with E-state index < -0.39 is 0 Å². The largest absolute Gasteiger partial charge is 0.331 e. The number of halogens is 1. The van der Waals surface area contributed by atoms with Crippen molar-refractivity contribution in [1.82, 2.24) is 0 Å². The van der Waals surface area contributed by atoms with E-state index >= 15 is 0 Å². The van der Waals surface area contributed by atoms with E-state index in [2.05, 4.69) is 11.9 Å². The summed E-state index contributed by atoms with van der Waals surface area (Å²) < 4.78 is 0.766. The van der Waals surface area contributed by atoms with Crippen LogP contribution in [0.3, 0.4) is 0 Å². The van der Waals surface area contributed by atoms with Crippen LogP contribution in [0.1, 0.15) is 11.8 Å². The van der Waals surface area contributed by atoms with Crippen LogP contribution in [0.25, 0.3) is 0 Å². The molecule has 1 nitrogen and oxygen atoms in total. The summed E-state index contributed by atoms with van der Waals surface area (Å²) in [5.74, 6) is 0. The van der Waals surface area contributed by atoms with Gasteiger partial charge in [-0.2, -0.15) is 4.98 Å². The molecule has 0 saturated carbocycles. The first-order valence-corrected chi connectivity index (χ1v) is 3.68. The van der Waals surface area contributed by atoms with Crippen molar-refractivity contribution in [3.63, 3.8) is 0 Å². The van der Waals surface area contributed by atoms with Gasteiger partial charge in [0.25, 0.3) is 0 Å². The molecule has 1 aromatic rings. The Balaban J connectivity index is 2.84. The van der Waals surface area contributed by atoms with Gasteiger partial charge < -0.3 is 0 Å². The van der Waals surface area contributed by atoms with E-state index in [1.54, 1.807) is 11.3 Å². The Morgan fingerprint density at radius 2 is 2.62 bits per heavy atom. The van der Waals surface area contributed by atoms with Crippen LogP contribution in [-0.2, 0) is 6.42 Å².